The molecule has 0 atom stereocenters. The van der Waals surface area contributed by atoms with Gasteiger partial charge in [-0.2, -0.15) is 0 Å². The molecule has 296 valence electrons. The summed E-state index contributed by atoms with van der Waals surface area (Å²) >= 11 is 0. The summed E-state index contributed by atoms with van der Waals surface area (Å²) in [7, 11) is 0. The lowest BCUT2D eigenvalue weighted by molar-refractivity contribution is 1.60. The van der Waals surface area contributed by atoms with Crippen LogP contribution in [0.2, 0.25) is 0 Å². The van der Waals surface area contributed by atoms with Crippen LogP contribution in [0.5, 0.6) is 0 Å². The summed E-state index contributed by atoms with van der Waals surface area (Å²) in [5.74, 6) is 0. The van der Waals surface area contributed by atoms with E-state index in [0.717, 1.165) is 0 Å². The Labute approximate surface area is 373 Å². The Hall–Kier alpha value is -8.32. The molecular weight excluding hydrogens is 769 g/mol. The van der Waals surface area contributed by atoms with Gasteiger partial charge in [-0.1, -0.05) is 243 Å². The number of hydrogen-bond donors (Lipinski definition) is 0. The Morgan fingerprint density at radius 1 is 0.156 bits per heavy atom. The minimum absolute atomic E-state index is 1.20. The lowest BCUT2D eigenvalue weighted by Crippen LogP contribution is -1.94. The summed E-state index contributed by atoms with van der Waals surface area (Å²) in [6.07, 6.45) is 0. The summed E-state index contributed by atoms with van der Waals surface area (Å²) in [5, 5.41) is 10.2. The van der Waals surface area contributed by atoms with E-state index in [2.05, 4.69) is 243 Å². The minimum atomic E-state index is 1.20. The first kappa shape index (κ1) is 36.3. The molecule has 0 bridgehead atoms. The number of benzene rings is 12. The molecule has 12 aromatic rings. The second-order valence-electron chi connectivity index (χ2n) is 17.0. The van der Waals surface area contributed by atoms with E-state index in [4.69, 9.17) is 0 Å². The van der Waals surface area contributed by atoms with Crippen LogP contribution in [0.3, 0.4) is 0 Å². The molecule has 0 N–H and O–H groups in total. The van der Waals surface area contributed by atoms with Crippen molar-refractivity contribution >= 4 is 43.1 Å². The summed E-state index contributed by atoms with van der Waals surface area (Å²) in [6.45, 7) is 0. The third-order valence-electron chi connectivity index (χ3n) is 13.6. The highest BCUT2D eigenvalue weighted by atomic mass is 14.3. The number of fused-ring (bicyclic) bond motifs is 6. The molecule has 0 nitrogen and oxygen atoms in total. The fourth-order valence-corrected chi connectivity index (χ4v) is 11.0. The van der Waals surface area contributed by atoms with Gasteiger partial charge in [0.15, 0.2) is 0 Å². The normalized spacial score (nSPS) is 11.8. The van der Waals surface area contributed by atoms with Crippen molar-refractivity contribution in [1.29, 1.82) is 0 Å². The van der Waals surface area contributed by atoms with Crippen LogP contribution in [0.25, 0.3) is 132 Å². The second-order valence-corrected chi connectivity index (χ2v) is 17.0. The summed E-state index contributed by atoms with van der Waals surface area (Å²) in [4.78, 5) is 0. The molecule has 0 heteroatoms. The molecule has 0 spiro atoms. The van der Waals surface area contributed by atoms with Crippen LogP contribution in [-0.2, 0) is 0 Å². The van der Waals surface area contributed by atoms with E-state index >= 15 is 0 Å². The van der Waals surface area contributed by atoms with Crippen molar-refractivity contribution in [3.05, 3.63) is 243 Å². The van der Waals surface area contributed by atoms with Gasteiger partial charge >= 0.3 is 0 Å². The fourth-order valence-electron chi connectivity index (χ4n) is 11.0. The maximum absolute atomic E-state index is 2.36. The van der Waals surface area contributed by atoms with Crippen LogP contribution in [-0.4, -0.2) is 0 Å². The Bertz CT molecular complexity index is 3770. The molecule has 64 heavy (non-hydrogen) atoms. The van der Waals surface area contributed by atoms with Crippen LogP contribution < -0.4 is 0 Å². The third-order valence-corrected chi connectivity index (χ3v) is 13.6. The summed E-state index contributed by atoms with van der Waals surface area (Å²) in [5.41, 5.74) is 20.2. The highest BCUT2D eigenvalue weighted by molar-refractivity contribution is 6.30. The molecular formula is C64H40. The monoisotopic (exact) mass is 808 g/mol. The van der Waals surface area contributed by atoms with E-state index < -0.39 is 0 Å². The molecule has 0 saturated carbocycles. The molecule has 13 rings (SSSR count). The maximum Gasteiger partial charge on any atom is -0.000117 e. The number of rotatable bonds is 6. The largest absolute Gasteiger partial charge is 0.0622 e. The molecule has 0 saturated heterocycles. The van der Waals surface area contributed by atoms with Crippen LogP contribution in [0, 0.1) is 0 Å². The predicted octanol–water partition coefficient (Wildman–Crippen LogP) is 17.9. The zero-order chi connectivity index (χ0) is 42.1. The average Bonchev–Trinajstić information content (AvgIpc) is 3.71. The van der Waals surface area contributed by atoms with E-state index in [1.165, 1.54) is 132 Å². The first-order valence-electron chi connectivity index (χ1n) is 22.3. The van der Waals surface area contributed by atoms with E-state index in [0.29, 0.717) is 0 Å². The molecule has 0 amide bonds. The van der Waals surface area contributed by atoms with Crippen molar-refractivity contribution < 1.29 is 0 Å². The first-order chi connectivity index (χ1) is 31.8. The van der Waals surface area contributed by atoms with Gasteiger partial charge in [0.2, 0.25) is 0 Å². The predicted molar refractivity (Wildman–Crippen MR) is 274 cm³/mol. The van der Waals surface area contributed by atoms with Gasteiger partial charge in [-0.15, -0.1) is 0 Å². The molecule has 0 heterocycles. The van der Waals surface area contributed by atoms with Gasteiger partial charge in [-0.25, -0.2) is 0 Å². The van der Waals surface area contributed by atoms with Crippen LogP contribution in [0.15, 0.2) is 243 Å². The molecule has 0 aromatic heterocycles. The van der Waals surface area contributed by atoms with Gasteiger partial charge in [0.25, 0.3) is 0 Å². The lowest BCUT2D eigenvalue weighted by Gasteiger charge is -2.21. The zero-order valence-electron chi connectivity index (χ0n) is 35.1. The molecule has 0 unspecified atom stereocenters. The van der Waals surface area contributed by atoms with E-state index in [9.17, 15) is 0 Å². The molecule has 12 aromatic carbocycles. The molecule has 0 radical (unpaired) electrons. The van der Waals surface area contributed by atoms with Crippen molar-refractivity contribution in [2.45, 2.75) is 0 Å². The molecule has 1 aliphatic rings. The molecule has 1 aliphatic carbocycles. The maximum atomic E-state index is 2.36. The van der Waals surface area contributed by atoms with Gasteiger partial charge < -0.3 is 0 Å². The van der Waals surface area contributed by atoms with E-state index in [1.54, 1.807) is 0 Å². The highest BCUT2D eigenvalue weighted by Gasteiger charge is 2.32. The fraction of sp³-hybridized carbons (Fsp3) is 0. The molecule has 0 fully saturated rings. The lowest BCUT2D eigenvalue weighted by atomic mass is 9.81. The second kappa shape index (κ2) is 14.7. The van der Waals surface area contributed by atoms with E-state index in [-0.39, 0.29) is 0 Å². The Kier molecular flexibility index (Phi) is 8.32. The third kappa shape index (κ3) is 5.49. The van der Waals surface area contributed by atoms with Crippen LogP contribution in [0.1, 0.15) is 0 Å². The summed E-state index contributed by atoms with van der Waals surface area (Å²) in [6, 6.07) is 89.7. The quantitative estimate of drug-likeness (QED) is 0.147. The smallest absolute Gasteiger partial charge is 0.000117 e. The van der Waals surface area contributed by atoms with Crippen LogP contribution in [0.4, 0.5) is 0 Å². The average molecular weight is 809 g/mol. The van der Waals surface area contributed by atoms with Crippen molar-refractivity contribution in [3.63, 3.8) is 0 Å². The molecule has 0 aliphatic heterocycles. The zero-order valence-corrected chi connectivity index (χ0v) is 35.1. The minimum Gasteiger partial charge on any atom is -0.0622 e. The van der Waals surface area contributed by atoms with Crippen LogP contribution >= 0.6 is 0 Å². The standard InChI is InChI=1S/C64H40/c1-5-19-43(20-6-1)56-50-28-13-14-29-51(50)57(44-21-7-2-8-22-44)61-48(32-18-34-54(56)61)41-35-37-42(38-36-41)49-40-39-47-27-17-33-55-60(47)62(49)64-59(46-25-11-4-12-26-46)53-31-16-15-30-52(53)58(63(55)64)45-23-9-3-10-24-45/h1-40H. The Morgan fingerprint density at radius 2 is 0.562 bits per heavy atom. The van der Waals surface area contributed by atoms with Gasteiger partial charge in [0.05, 0.1) is 0 Å². The Balaban J connectivity index is 1.07. The van der Waals surface area contributed by atoms with E-state index in [1.807, 2.05) is 0 Å². The SMILES string of the molecule is c1ccc(-c2c3c(c(-c4ccccc4)c4ccccc24)-c2c(-c4ccc(-c5cccc6c(-c7ccccc7)c7ccccc7c(-c7ccccc7)c56)cc4)ccc4cccc-3c24)cc1. The van der Waals surface area contributed by atoms with Gasteiger partial charge in [-0.3, -0.25) is 0 Å². The van der Waals surface area contributed by atoms with Gasteiger partial charge in [-0.05, 0) is 132 Å². The van der Waals surface area contributed by atoms with Gasteiger partial charge in [0.1, 0.15) is 0 Å². The first-order valence-corrected chi connectivity index (χ1v) is 22.3. The Morgan fingerprint density at radius 3 is 1.12 bits per heavy atom. The van der Waals surface area contributed by atoms with Crippen molar-refractivity contribution in [3.8, 4) is 89.0 Å². The van der Waals surface area contributed by atoms with Crippen molar-refractivity contribution in [1.82, 2.24) is 0 Å². The number of hydrogen-bond acceptors (Lipinski definition) is 0. The highest BCUT2D eigenvalue weighted by Crippen LogP contribution is 2.60. The van der Waals surface area contributed by atoms with Gasteiger partial charge in [0, 0.05) is 0 Å². The topological polar surface area (TPSA) is 0 Å². The van der Waals surface area contributed by atoms with Crippen molar-refractivity contribution in [2.75, 3.05) is 0 Å². The van der Waals surface area contributed by atoms with Crippen molar-refractivity contribution in [2.24, 2.45) is 0 Å². The summed E-state index contributed by atoms with van der Waals surface area (Å²) < 4.78 is 0.